The third kappa shape index (κ3) is 3.65. The number of aromatic nitrogens is 1. The molecule has 0 bridgehead atoms. The minimum atomic E-state index is -0.838. The minimum absolute atomic E-state index is 0.0769. The van der Waals surface area contributed by atoms with Crippen molar-refractivity contribution in [2.24, 2.45) is 0 Å². The van der Waals surface area contributed by atoms with E-state index in [0.29, 0.717) is 36.0 Å². The van der Waals surface area contributed by atoms with Crippen molar-refractivity contribution >= 4 is 28.2 Å². The number of rotatable bonds is 7. The highest BCUT2D eigenvalue weighted by Gasteiger charge is 2.17. The van der Waals surface area contributed by atoms with Crippen molar-refractivity contribution in [3.8, 4) is 0 Å². The van der Waals surface area contributed by atoms with Crippen molar-refractivity contribution in [3.05, 3.63) is 40.6 Å². The average Bonchev–Trinajstić information content (AvgIpc) is 2.46. The number of carboxylic acids is 1. The van der Waals surface area contributed by atoms with Crippen LogP contribution in [0.1, 0.15) is 19.3 Å². The second kappa shape index (κ2) is 6.65. The summed E-state index contributed by atoms with van der Waals surface area (Å²) >= 11 is 0. The minimum Gasteiger partial charge on any atom is -0.481 e. The monoisotopic (exact) mass is 289 g/mol. The summed E-state index contributed by atoms with van der Waals surface area (Å²) in [6.45, 7) is 0.474. The molecule has 0 aliphatic carbocycles. The molecule has 2 rings (SSSR count). The fourth-order valence-electron chi connectivity index (χ4n) is 2.07. The lowest BCUT2D eigenvalue weighted by Gasteiger charge is -2.09. The van der Waals surface area contributed by atoms with E-state index in [4.69, 9.17) is 5.11 Å². The fraction of sp³-hybridized carbons (Fsp3) is 0.286. The van der Waals surface area contributed by atoms with Crippen LogP contribution in [-0.2, 0) is 4.79 Å². The Kier molecular flexibility index (Phi) is 4.65. The van der Waals surface area contributed by atoms with Gasteiger partial charge in [0.15, 0.2) is 0 Å². The molecule has 1 heterocycles. The summed E-state index contributed by atoms with van der Waals surface area (Å²) in [6.07, 6.45) is 2.49. The van der Waals surface area contributed by atoms with Gasteiger partial charge in [-0.05, 0) is 18.9 Å². The van der Waals surface area contributed by atoms with Crippen molar-refractivity contribution in [2.75, 3.05) is 11.9 Å². The van der Waals surface area contributed by atoms with Gasteiger partial charge in [0.1, 0.15) is 11.9 Å². The number of hydrogen-bond acceptors (Lipinski definition) is 5. The molecule has 0 saturated carbocycles. The quantitative estimate of drug-likeness (QED) is 0.461. The van der Waals surface area contributed by atoms with E-state index in [1.165, 1.54) is 6.20 Å². The Hall–Kier alpha value is -2.70. The largest absolute Gasteiger partial charge is 0.481 e. The summed E-state index contributed by atoms with van der Waals surface area (Å²) in [5.41, 5.74) is 1.03. The van der Waals surface area contributed by atoms with Crippen LogP contribution in [0, 0.1) is 10.1 Å². The Labute approximate surface area is 120 Å². The Morgan fingerprint density at radius 2 is 2.10 bits per heavy atom. The van der Waals surface area contributed by atoms with Crippen LogP contribution in [0.3, 0.4) is 0 Å². The molecule has 0 aliphatic rings. The lowest BCUT2D eigenvalue weighted by atomic mass is 10.1. The summed E-state index contributed by atoms with van der Waals surface area (Å²) in [4.78, 5) is 25.1. The van der Waals surface area contributed by atoms with Gasteiger partial charge in [-0.1, -0.05) is 18.2 Å². The first-order valence-electron chi connectivity index (χ1n) is 6.57. The van der Waals surface area contributed by atoms with Crippen molar-refractivity contribution in [1.82, 2.24) is 4.98 Å². The summed E-state index contributed by atoms with van der Waals surface area (Å²) in [7, 11) is 0. The summed E-state index contributed by atoms with van der Waals surface area (Å²) in [5.74, 6) is -0.838. The van der Waals surface area contributed by atoms with Crippen molar-refractivity contribution < 1.29 is 14.8 Å². The first-order valence-corrected chi connectivity index (χ1v) is 6.57. The predicted molar refractivity (Wildman–Crippen MR) is 78.4 cm³/mol. The van der Waals surface area contributed by atoms with Crippen LogP contribution < -0.4 is 5.32 Å². The van der Waals surface area contributed by atoms with E-state index < -0.39 is 10.9 Å². The molecular weight excluding hydrogens is 274 g/mol. The van der Waals surface area contributed by atoms with Crippen LogP contribution >= 0.6 is 0 Å². The number of hydrogen-bond donors (Lipinski definition) is 2. The summed E-state index contributed by atoms with van der Waals surface area (Å²) in [6, 6.07) is 7.17. The SMILES string of the molecule is O=C(O)CCCCNc1c([N+](=O)[O-])cnc2ccccc12. The number of pyridine rings is 1. The van der Waals surface area contributed by atoms with Gasteiger partial charge in [0.2, 0.25) is 0 Å². The Bertz CT molecular complexity index is 672. The highest BCUT2D eigenvalue weighted by atomic mass is 16.6. The molecule has 0 radical (unpaired) electrons. The zero-order valence-electron chi connectivity index (χ0n) is 11.3. The van der Waals surface area contributed by atoms with Crippen molar-refractivity contribution in [1.29, 1.82) is 0 Å². The number of nitrogens with zero attached hydrogens (tertiary/aromatic N) is 2. The van der Waals surface area contributed by atoms with Crippen LogP contribution in [0.25, 0.3) is 10.9 Å². The maximum Gasteiger partial charge on any atom is 0.311 e. The lowest BCUT2D eigenvalue weighted by molar-refractivity contribution is -0.384. The Balaban J connectivity index is 2.17. The van der Waals surface area contributed by atoms with E-state index in [9.17, 15) is 14.9 Å². The summed E-state index contributed by atoms with van der Waals surface area (Å²) in [5, 5.41) is 23.4. The van der Waals surface area contributed by atoms with Gasteiger partial charge < -0.3 is 10.4 Å². The normalized spacial score (nSPS) is 10.5. The van der Waals surface area contributed by atoms with E-state index in [-0.39, 0.29) is 12.1 Å². The van der Waals surface area contributed by atoms with E-state index in [2.05, 4.69) is 10.3 Å². The van der Waals surface area contributed by atoms with Crippen LogP contribution in [0.15, 0.2) is 30.5 Å². The van der Waals surface area contributed by atoms with Crippen LogP contribution in [0.2, 0.25) is 0 Å². The van der Waals surface area contributed by atoms with Gasteiger partial charge in [-0.3, -0.25) is 14.9 Å². The van der Waals surface area contributed by atoms with E-state index in [1.807, 2.05) is 6.07 Å². The molecule has 1 aromatic carbocycles. The molecule has 0 unspecified atom stereocenters. The van der Waals surface area contributed by atoms with Gasteiger partial charge in [0.05, 0.1) is 10.4 Å². The number of nitro groups is 1. The molecule has 0 amide bonds. The number of carboxylic acid groups (broad SMARTS) is 1. The van der Waals surface area contributed by atoms with Crippen LogP contribution in [0.5, 0.6) is 0 Å². The second-order valence-electron chi connectivity index (χ2n) is 4.57. The van der Waals surface area contributed by atoms with Crippen molar-refractivity contribution in [2.45, 2.75) is 19.3 Å². The molecule has 0 fully saturated rings. The second-order valence-corrected chi connectivity index (χ2v) is 4.57. The number of benzene rings is 1. The number of unbranched alkanes of at least 4 members (excludes halogenated alkanes) is 1. The average molecular weight is 289 g/mol. The molecule has 7 nitrogen and oxygen atoms in total. The zero-order chi connectivity index (χ0) is 15.2. The number of nitrogens with one attached hydrogen (secondary N) is 1. The first kappa shape index (κ1) is 14.7. The Morgan fingerprint density at radius 3 is 2.81 bits per heavy atom. The molecule has 21 heavy (non-hydrogen) atoms. The molecular formula is C14H15N3O4. The number of aliphatic carboxylic acids is 1. The maximum atomic E-state index is 11.1. The van der Waals surface area contributed by atoms with Gasteiger partial charge in [0.25, 0.3) is 0 Å². The Morgan fingerprint density at radius 1 is 1.33 bits per heavy atom. The molecule has 110 valence electrons. The van der Waals surface area contributed by atoms with Crippen molar-refractivity contribution in [3.63, 3.8) is 0 Å². The topological polar surface area (TPSA) is 105 Å². The highest BCUT2D eigenvalue weighted by molar-refractivity contribution is 5.95. The number of para-hydroxylation sites is 1. The molecule has 0 saturated heterocycles. The number of carbonyl (C=O) groups is 1. The van der Waals surface area contributed by atoms with E-state index in [1.54, 1.807) is 18.2 Å². The first-order chi connectivity index (χ1) is 10.1. The number of anilines is 1. The third-order valence-corrected chi connectivity index (χ3v) is 3.07. The fourth-order valence-corrected chi connectivity index (χ4v) is 2.07. The molecule has 0 spiro atoms. The van der Waals surface area contributed by atoms with E-state index >= 15 is 0 Å². The maximum absolute atomic E-state index is 11.1. The molecule has 7 heteroatoms. The lowest BCUT2D eigenvalue weighted by Crippen LogP contribution is -2.06. The smallest absolute Gasteiger partial charge is 0.311 e. The molecule has 0 aliphatic heterocycles. The van der Waals surface area contributed by atoms with Gasteiger partial charge in [0, 0.05) is 18.4 Å². The van der Waals surface area contributed by atoms with Crippen LogP contribution in [0.4, 0.5) is 11.4 Å². The predicted octanol–water partition coefficient (Wildman–Crippen LogP) is 2.81. The molecule has 1 aromatic heterocycles. The highest BCUT2D eigenvalue weighted by Crippen LogP contribution is 2.31. The molecule has 2 N–H and O–H groups in total. The summed E-state index contributed by atoms with van der Waals surface area (Å²) < 4.78 is 0. The standard InChI is InChI=1S/C14H15N3O4/c18-13(19)7-3-4-8-15-14-10-5-1-2-6-11(10)16-9-12(14)17(20)21/h1-2,5-6,9H,3-4,7-8H2,(H,15,16)(H,18,19). The van der Waals surface area contributed by atoms with Gasteiger partial charge in [-0.25, -0.2) is 4.98 Å². The molecule has 0 atom stereocenters. The van der Waals surface area contributed by atoms with E-state index in [0.717, 1.165) is 0 Å². The van der Waals surface area contributed by atoms with Gasteiger partial charge in [-0.15, -0.1) is 0 Å². The van der Waals surface area contributed by atoms with Gasteiger partial charge in [-0.2, -0.15) is 0 Å². The zero-order valence-corrected chi connectivity index (χ0v) is 11.3. The van der Waals surface area contributed by atoms with Gasteiger partial charge >= 0.3 is 11.7 Å². The number of fused-ring (bicyclic) bond motifs is 1. The third-order valence-electron chi connectivity index (χ3n) is 3.07. The van der Waals surface area contributed by atoms with Crippen LogP contribution in [-0.4, -0.2) is 27.5 Å². The molecule has 2 aromatic rings.